The first-order valence-electron chi connectivity index (χ1n) is 11.5. The van der Waals surface area contributed by atoms with Crippen molar-refractivity contribution in [2.24, 2.45) is 0 Å². The van der Waals surface area contributed by atoms with E-state index in [4.69, 9.17) is 9.84 Å². The Kier molecular flexibility index (Phi) is 13.1. The van der Waals surface area contributed by atoms with Crippen molar-refractivity contribution in [3.8, 4) is 5.75 Å². The van der Waals surface area contributed by atoms with Gasteiger partial charge in [0.2, 0.25) is 0 Å². The molecular formula is C26H39ClN2O5. The molecule has 1 aliphatic carbocycles. The number of phenols is 1. The largest absolute Gasteiger partial charge is 0.508 e. The summed E-state index contributed by atoms with van der Waals surface area (Å²) >= 11 is 0. The molecule has 0 amide bonds. The summed E-state index contributed by atoms with van der Waals surface area (Å²) in [4.78, 5) is 14.5. The van der Waals surface area contributed by atoms with E-state index in [1.54, 1.807) is 31.3 Å². The van der Waals surface area contributed by atoms with Crippen LogP contribution in [0.25, 0.3) is 0 Å². The van der Waals surface area contributed by atoms with Gasteiger partial charge in [-0.15, -0.1) is 12.4 Å². The van der Waals surface area contributed by atoms with E-state index in [-0.39, 0.29) is 24.1 Å². The highest BCUT2D eigenvalue weighted by atomic mass is 35.5. The highest BCUT2D eigenvalue weighted by Crippen LogP contribution is 2.42. The number of nitrogens with zero attached hydrogens (tertiary/aromatic N) is 1. The normalized spacial score (nSPS) is 16.1. The van der Waals surface area contributed by atoms with Crippen LogP contribution in [0.1, 0.15) is 48.8 Å². The fraction of sp³-hybridized carbons (Fsp3) is 0.500. The number of aliphatic hydroxyl groups excluding tert-OH is 1. The molecule has 0 heterocycles. The van der Waals surface area contributed by atoms with E-state index in [2.05, 4.69) is 5.32 Å². The molecule has 0 aromatic heterocycles. The standard InChI is InChI=1S/C17H25NO3.C9H13NO2.ClH/c1-18(2)12-13-21-16(19)15(14-8-4-3-5-9-14)17(20)10-6-7-11-17;1-10-6-9(12)7-3-2-4-8(11)5-7;/h3-5,8-9,15,20H,6-7,10-13H2,1-2H3;2-5,9-12H,6H2,1H3;1H/t;9-;/m.0./s1. The molecule has 2 aromatic carbocycles. The van der Waals surface area contributed by atoms with E-state index in [9.17, 15) is 15.0 Å². The number of rotatable bonds is 9. The minimum Gasteiger partial charge on any atom is -0.508 e. The van der Waals surface area contributed by atoms with Gasteiger partial charge in [-0.3, -0.25) is 4.79 Å². The van der Waals surface area contributed by atoms with E-state index >= 15 is 0 Å². The summed E-state index contributed by atoms with van der Waals surface area (Å²) in [6.45, 7) is 1.53. The van der Waals surface area contributed by atoms with E-state index in [1.165, 1.54) is 0 Å². The van der Waals surface area contributed by atoms with E-state index in [0.717, 1.165) is 24.0 Å². The number of carbonyl (C=O) groups is 1. The third-order valence-corrected chi connectivity index (χ3v) is 5.81. The number of aliphatic hydroxyl groups is 2. The summed E-state index contributed by atoms with van der Waals surface area (Å²) in [5.74, 6) is -0.710. The Morgan fingerprint density at radius 3 is 2.26 bits per heavy atom. The summed E-state index contributed by atoms with van der Waals surface area (Å²) in [6, 6.07) is 16.1. The van der Waals surface area contributed by atoms with Crippen LogP contribution >= 0.6 is 12.4 Å². The van der Waals surface area contributed by atoms with Gasteiger partial charge in [0.25, 0.3) is 0 Å². The summed E-state index contributed by atoms with van der Waals surface area (Å²) < 4.78 is 5.41. The maximum atomic E-state index is 12.5. The minimum absolute atomic E-state index is 0. The lowest BCUT2D eigenvalue weighted by Crippen LogP contribution is -2.39. The zero-order chi connectivity index (χ0) is 24.3. The number of halogens is 1. The number of esters is 1. The van der Waals surface area contributed by atoms with Crippen LogP contribution in [0.5, 0.6) is 5.75 Å². The summed E-state index contributed by atoms with van der Waals surface area (Å²) in [7, 11) is 5.64. The van der Waals surface area contributed by atoms with Crippen molar-refractivity contribution < 1.29 is 24.9 Å². The van der Waals surface area contributed by atoms with Crippen molar-refractivity contribution in [1.29, 1.82) is 0 Å². The Morgan fingerprint density at radius 2 is 1.71 bits per heavy atom. The van der Waals surface area contributed by atoms with Crippen molar-refractivity contribution in [3.05, 3.63) is 65.7 Å². The van der Waals surface area contributed by atoms with Crippen molar-refractivity contribution in [2.75, 3.05) is 40.8 Å². The molecule has 190 valence electrons. The number of hydrogen-bond donors (Lipinski definition) is 4. The van der Waals surface area contributed by atoms with Crippen LogP contribution in [-0.2, 0) is 9.53 Å². The second-order valence-electron chi connectivity index (χ2n) is 8.79. The van der Waals surface area contributed by atoms with Gasteiger partial charge in [0.05, 0.1) is 11.7 Å². The van der Waals surface area contributed by atoms with Crippen LogP contribution in [0.3, 0.4) is 0 Å². The van der Waals surface area contributed by atoms with Gasteiger partial charge in [-0.05, 0) is 57.2 Å². The van der Waals surface area contributed by atoms with Gasteiger partial charge in [-0.1, -0.05) is 55.3 Å². The maximum Gasteiger partial charge on any atom is 0.316 e. The van der Waals surface area contributed by atoms with Crippen LogP contribution in [0.4, 0.5) is 0 Å². The number of benzene rings is 2. The second-order valence-corrected chi connectivity index (χ2v) is 8.79. The molecule has 3 rings (SSSR count). The lowest BCUT2D eigenvalue weighted by molar-refractivity contribution is -0.152. The summed E-state index contributed by atoms with van der Waals surface area (Å²) in [5, 5.41) is 32.3. The van der Waals surface area contributed by atoms with E-state index < -0.39 is 17.6 Å². The molecule has 4 N–H and O–H groups in total. The lowest BCUT2D eigenvalue weighted by atomic mass is 9.81. The number of hydrogen-bond acceptors (Lipinski definition) is 7. The molecule has 0 saturated heterocycles. The van der Waals surface area contributed by atoms with E-state index in [0.29, 0.717) is 32.5 Å². The summed E-state index contributed by atoms with van der Waals surface area (Å²) in [6.07, 6.45) is 2.70. The smallest absolute Gasteiger partial charge is 0.316 e. The highest BCUT2D eigenvalue weighted by Gasteiger charge is 2.45. The zero-order valence-electron chi connectivity index (χ0n) is 20.3. The van der Waals surface area contributed by atoms with Gasteiger partial charge in [0, 0.05) is 13.1 Å². The topological polar surface area (TPSA) is 102 Å². The summed E-state index contributed by atoms with van der Waals surface area (Å²) in [5.41, 5.74) is 0.609. The fourth-order valence-electron chi connectivity index (χ4n) is 4.04. The zero-order valence-corrected chi connectivity index (χ0v) is 21.1. The average molecular weight is 495 g/mol. The van der Waals surface area contributed by atoms with Gasteiger partial charge >= 0.3 is 5.97 Å². The maximum absolute atomic E-state index is 12.5. The van der Waals surface area contributed by atoms with Gasteiger partial charge in [0.15, 0.2) is 0 Å². The molecule has 2 aromatic rings. The third-order valence-electron chi connectivity index (χ3n) is 5.81. The third kappa shape index (κ3) is 9.24. The van der Waals surface area contributed by atoms with Crippen molar-refractivity contribution in [1.82, 2.24) is 10.2 Å². The molecule has 0 radical (unpaired) electrons. The predicted molar refractivity (Wildman–Crippen MR) is 136 cm³/mol. The van der Waals surface area contributed by atoms with Crippen LogP contribution in [0, 0.1) is 0 Å². The molecule has 0 spiro atoms. The predicted octanol–water partition coefficient (Wildman–Crippen LogP) is 3.25. The highest BCUT2D eigenvalue weighted by molar-refractivity contribution is 5.85. The molecular weight excluding hydrogens is 456 g/mol. The van der Waals surface area contributed by atoms with Gasteiger partial charge in [-0.2, -0.15) is 0 Å². The van der Waals surface area contributed by atoms with Gasteiger partial charge in [-0.25, -0.2) is 0 Å². The molecule has 2 atom stereocenters. The quantitative estimate of drug-likeness (QED) is 0.397. The average Bonchev–Trinajstić information content (AvgIpc) is 3.22. The Bertz CT molecular complexity index is 844. The van der Waals surface area contributed by atoms with Crippen LogP contribution in [-0.4, -0.2) is 72.6 Å². The monoisotopic (exact) mass is 494 g/mol. The van der Waals surface area contributed by atoms with Crippen molar-refractivity contribution in [3.63, 3.8) is 0 Å². The van der Waals surface area contributed by atoms with Crippen LogP contribution in [0.2, 0.25) is 0 Å². The molecule has 1 aliphatic rings. The number of aromatic hydroxyl groups is 1. The van der Waals surface area contributed by atoms with Gasteiger partial charge < -0.3 is 30.3 Å². The molecule has 0 aliphatic heterocycles. The Hall–Kier alpha value is -2.16. The SMILES string of the molecule is CN(C)CCOC(=O)C(c1ccccc1)C1(O)CCCC1.CNC[C@H](O)c1cccc(O)c1.Cl. The molecule has 7 nitrogen and oxygen atoms in total. The van der Waals surface area contributed by atoms with Crippen molar-refractivity contribution >= 4 is 18.4 Å². The molecule has 1 fully saturated rings. The molecule has 8 heteroatoms. The minimum atomic E-state index is -0.962. The molecule has 1 saturated carbocycles. The van der Waals surface area contributed by atoms with Crippen LogP contribution < -0.4 is 5.32 Å². The number of nitrogens with one attached hydrogen (secondary N) is 1. The second kappa shape index (κ2) is 15.0. The Labute approximate surface area is 209 Å². The Morgan fingerprint density at radius 1 is 1.09 bits per heavy atom. The van der Waals surface area contributed by atoms with Crippen molar-refractivity contribution in [2.45, 2.75) is 43.3 Å². The number of ether oxygens (including phenoxy) is 1. The molecule has 1 unspecified atom stereocenters. The molecule has 0 bridgehead atoms. The lowest BCUT2D eigenvalue weighted by Gasteiger charge is -2.31. The number of phenolic OH excluding ortho intramolecular Hbond substituents is 1. The first-order chi connectivity index (χ1) is 15.8. The van der Waals surface area contributed by atoms with Crippen LogP contribution in [0.15, 0.2) is 54.6 Å². The van der Waals surface area contributed by atoms with Gasteiger partial charge in [0.1, 0.15) is 18.3 Å². The molecule has 34 heavy (non-hydrogen) atoms. The first kappa shape index (κ1) is 29.9. The number of likely N-dealkylation sites (N-methyl/N-ethyl adjacent to an activating group) is 2. The fourth-order valence-corrected chi connectivity index (χ4v) is 4.04. The van der Waals surface area contributed by atoms with E-state index in [1.807, 2.05) is 49.3 Å². The first-order valence-corrected chi connectivity index (χ1v) is 11.5. The number of carbonyl (C=O) groups excluding carboxylic acids is 1. The Balaban J connectivity index is 0.000000380.